The molecule has 1 aliphatic rings. The fourth-order valence-corrected chi connectivity index (χ4v) is 4.09. The van der Waals surface area contributed by atoms with Gasteiger partial charge in [-0.15, -0.1) is 0 Å². The van der Waals surface area contributed by atoms with Crippen LogP contribution in [0.25, 0.3) is 11.3 Å². The number of carbonyl (C=O) groups is 1. The smallest absolute Gasteiger partial charge is 0.270 e. The Morgan fingerprint density at radius 3 is 2.62 bits per heavy atom. The second-order valence-corrected chi connectivity index (χ2v) is 8.25. The lowest BCUT2D eigenvalue weighted by molar-refractivity contribution is 0.0713. The first-order chi connectivity index (χ1) is 15.4. The Labute approximate surface area is 185 Å². The summed E-state index contributed by atoms with van der Waals surface area (Å²) in [6.07, 6.45) is 3.09. The first-order valence-corrected chi connectivity index (χ1v) is 10.8. The molecule has 2 heterocycles. The molecule has 0 bridgehead atoms. The van der Waals surface area contributed by atoms with Gasteiger partial charge in [0.15, 0.2) is 0 Å². The molecule has 3 aromatic rings. The van der Waals surface area contributed by atoms with Gasteiger partial charge in [0.2, 0.25) is 0 Å². The van der Waals surface area contributed by atoms with E-state index in [2.05, 4.69) is 15.4 Å². The molecule has 2 aromatic heterocycles. The lowest BCUT2D eigenvalue weighted by atomic mass is 9.92. The Morgan fingerprint density at radius 1 is 1.22 bits per heavy atom. The van der Waals surface area contributed by atoms with Crippen molar-refractivity contribution in [3.63, 3.8) is 0 Å². The van der Waals surface area contributed by atoms with Gasteiger partial charge in [-0.3, -0.25) is 14.5 Å². The predicted octanol–water partition coefficient (Wildman–Crippen LogP) is 4.04. The molecular formula is C24H26F2N4O2. The molecule has 8 heteroatoms. The molecule has 0 unspecified atom stereocenters. The van der Waals surface area contributed by atoms with E-state index in [1.54, 1.807) is 4.68 Å². The summed E-state index contributed by atoms with van der Waals surface area (Å²) in [6.45, 7) is 0. The van der Waals surface area contributed by atoms with Crippen molar-refractivity contribution in [2.24, 2.45) is 7.05 Å². The Morgan fingerprint density at radius 2 is 1.97 bits per heavy atom. The molecule has 2 N–H and O–H groups in total. The Balaban J connectivity index is 1.53. The monoisotopic (exact) mass is 440 g/mol. The van der Waals surface area contributed by atoms with Crippen LogP contribution < -0.4 is 5.32 Å². The van der Waals surface area contributed by atoms with Gasteiger partial charge < -0.3 is 10.4 Å². The van der Waals surface area contributed by atoms with Crippen LogP contribution in [0.3, 0.4) is 0 Å². The van der Waals surface area contributed by atoms with Crippen molar-refractivity contribution in [2.75, 3.05) is 0 Å². The van der Waals surface area contributed by atoms with Crippen molar-refractivity contribution in [2.45, 2.75) is 50.7 Å². The highest BCUT2D eigenvalue weighted by molar-refractivity contribution is 5.92. The summed E-state index contributed by atoms with van der Waals surface area (Å²) >= 11 is 0. The van der Waals surface area contributed by atoms with Crippen molar-refractivity contribution in [3.05, 3.63) is 71.2 Å². The number of nitrogens with one attached hydrogen (secondary N) is 1. The third-order valence-corrected chi connectivity index (χ3v) is 5.90. The highest BCUT2D eigenvalue weighted by atomic mass is 19.3. The summed E-state index contributed by atoms with van der Waals surface area (Å²) in [7, 11) is 1.84. The highest BCUT2D eigenvalue weighted by Gasteiger charge is 2.26. The van der Waals surface area contributed by atoms with Gasteiger partial charge in [-0.05, 0) is 42.5 Å². The standard InChI is InChI=1S/C24H26F2N4O2/c1-30-11-10-19(29-30)16-8-6-15(7-9-16)12-17-13-21(27-14-18(17)23(25)26)24(32)28-20-4-2-3-5-22(20)31/h6-11,13-14,20,22-23,31H,2-5,12H2,1H3,(H,28,32)/t20-,22-/m0/s1. The number of hydrogen-bond donors (Lipinski definition) is 2. The first kappa shape index (κ1) is 22.1. The largest absolute Gasteiger partial charge is 0.391 e. The van der Waals surface area contributed by atoms with E-state index in [1.165, 1.54) is 6.07 Å². The van der Waals surface area contributed by atoms with Crippen molar-refractivity contribution in [1.29, 1.82) is 0 Å². The average molecular weight is 440 g/mol. The van der Waals surface area contributed by atoms with Gasteiger partial charge >= 0.3 is 0 Å². The zero-order chi connectivity index (χ0) is 22.7. The van der Waals surface area contributed by atoms with E-state index in [-0.39, 0.29) is 23.7 Å². The Kier molecular flexibility index (Phi) is 6.60. The van der Waals surface area contributed by atoms with Gasteiger partial charge in [-0.2, -0.15) is 5.10 Å². The SMILES string of the molecule is Cn1ccc(-c2ccc(Cc3cc(C(=O)N[C@H]4CCCC[C@@H]4O)ncc3C(F)F)cc2)n1. The molecule has 4 rings (SSSR count). The number of rotatable bonds is 6. The average Bonchev–Trinajstić information content (AvgIpc) is 3.22. The highest BCUT2D eigenvalue weighted by Crippen LogP contribution is 2.26. The molecule has 2 atom stereocenters. The fourth-order valence-electron chi connectivity index (χ4n) is 4.09. The van der Waals surface area contributed by atoms with Crippen LogP contribution in [0.2, 0.25) is 0 Å². The number of pyridine rings is 1. The van der Waals surface area contributed by atoms with Gasteiger partial charge in [0, 0.05) is 30.6 Å². The second-order valence-electron chi connectivity index (χ2n) is 8.25. The number of amides is 1. The summed E-state index contributed by atoms with van der Waals surface area (Å²) in [5.74, 6) is -0.455. The topological polar surface area (TPSA) is 80.0 Å². The number of nitrogens with zero attached hydrogens (tertiary/aromatic N) is 3. The van der Waals surface area contributed by atoms with Crippen LogP contribution in [-0.4, -0.2) is 37.9 Å². The fraction of sp³-hybridized carbons (Fsp3) is 0.375. The van der Waals surface area contributed by atoms with E-state index in [4.69, 9.17) is 0 Å². The number of aryl methyl sites for hydroxylation is 1. The lowest BCUT2D eigenvalue weighted by Crippen LogP contribution is -2.45. The van der Waals surface area contributed by atoms with E-state index in [9.17, 15) is 18.7 Å². The Bertz CT molecular complexity index is 1080. The molecule has 1 amide bonds. The molecule has 0 spiro atoms. The maximum Gasteiger partial charge on any atom is 0.270 e. The number of aromatic nitrogens is 3. The van der Waals surface area contributed by atoms with Crippen LogP contribution in [0.1, 0.15) is 59.3 Å². The summed E-state index contributed by atoms with van der Waals surface area (Å²) in [5.41, 5.74) is 2.85. The molecule has 1 aromatic carbocycles. The molecule has 0 radical (unpaired) electrons. The van der Waals surface area contributed by atoms with Crippen molar-refractivity contribution in [3.8, 4) is 11.3 Å². The third kappa shape index (κ3) is 5.02. The van der Waals surface area contributed by atoms with Crippen molar-refractivity contribution < 1.29 is 18.7 Å². The normalized spacial score (nSPS) is 18.7. The van der Waals surface area contributed by atoms with Gasteiger partial charge in [0.25, 0.3) is 12.3 Å². The molecule has 6 nitrogen and oxygen atoms in total. The molecule has 0 saturated heterocycles. The number of aliphatic hydroxyl groups is 1. The number of alkyl halides is 2. The number of carbonyl (C=O) groups excluding carboxylic acids is 1. The summed E-state index contributed by atoms with van der Waals surface area (Å²) in [6, 6.07) is 10.5. The zero-order valence-corrected chi connectivity index (χ0v) is 17.8. The first-order valence-electron chi connectivity index (χ1n) is 10.8. The minimum atomic E-state index is -2.69. The number of aliphatic hydroxyl groups excluding tert-OH is 1. The molecule has 32 heavy (non-hydrogen) atoms. The van der Waals surface area contributed by atoms with E-state index in [0.717, 1.165) is 35.9 Å². The van der Waals surface area contributed by atoms with Gasteiger partial charge in [0.1, 0.15) is 5.69 Å². The molecule has 1 saturated carbocycles. The van der Waals surface area contributed by atoms with Crippen molar-refractivity contribution in [1.82, 2.24) is 20.1 Å². The lowest BCUT2D eigenvalue weighted by Gasteiger charge is -2.28. The number of hydrogen-bond acceptors (Lipinski definition) is 4. The van der Waals surface area contributed by atoms with Crippen LogP contribution in [0.15, 0.2) is 48.8 Å². The quantitative estimate of drug-likeness (QED) is 0.606. The number of halogens is 2. The van der Waals surface area contributed by atoms with Crippen LogP contribution in [0.5, 0.6) is 0 Å². The molecule has 0 aliphatic heterocycles. The van der Waals surface area contributed by atoms with Crippen LogP contribution >= 0.6 is 0 Å². The van der Waals surface area contributed by atoms with E-state index in [1.807, 2.05) is 43.6 Å². The van der Waals surface area contributed by atoms with E-state index < -0.39 is 18.4 Å². The van der Waals surface area contributed by atoms with Crippen LogP contribution in [-0.2, 0) is 13.5 Å². The molecule has 1 fully saturated rings. The molecule has 1 aliphatic carbocycles. The van der Waals surface area contributed by atoms with Crippen molar-refractivity contribution >= 4 is 5.91 Å². The van der Waals surface area contributed by atoms with Gasteiger partial charge in [-0.25, -0.2) is 8.78 Å². The van der Waals surface area contributed by atoms with Crippen LogP contribution in [0.4, 0.5) is 8.78 Å². The molecular weight excluding hydrogens is 414 g/mol. The maximum atomic E-state index is 13.6. The summed E-state index contributed by atoms with van der Waals surface area (Å²) in [5, 5.41) is 17.3. The Hall–Kier alpha value is -3.13. The summed E-state index contributed by atoms with van der Waals surface area (Å²) < 4.78 is 28.9. The van der Waals surface area contributed by atoms with Gasteiger partial charge in [-0.1, -0.05) is 37.1 Å². The van der Waals surface area contributed by atoms with E-state index in [0.29, 0.717) is 18.4 Å². The number of benzene rings is 1. The minimum Gasteiger partial charge on any atom is -0.391 e. The predicted molar refractivity (Wildman–Crippen MR) is 116 cm³/mol. The maximum absolute atomic E-state index is 13.6. The summed E-state index contributed by atoms with van der Waals surface area (Å²) in [4.78, 5) is 16.6. The third-order valence-electron chi connectivity index (χ3n) is 5.90. The molecule has 168 valence electrons. The van der Waals surface area contributed by atoms with Gasteiger partial charge in [0.05, 0.1) is 17.8 Å². The zero-order valence-electron chi connectivity index (χ0n) is 17.8. The van der Waals surface area contributed by atoms with Crippen LogP contribution in [0, 0.1) is 0 Å². The second kappa shape index (κ2) is 9.56. The van der Waals surface area contributed by atoms with E-state index >= 15 is 0 Å². The minimum absolute atomic E-state index is 0.0762.